The fraction of sp³-hybridized carbons (Fsp3) is 0.235. The van der Waals surface area contributed by atoms with Gasteiger partial charge in [-0.3, -0.25) is 4.72 Å². The van der Waals surface area contributed by atoms with Gasteiger partial charge in [0.05, 0.1) is 24.5 Å². The van der Waals surface area contributed by atoms with Gasteiger partial charge in [-0.15, -0.1) is 0 Å². The lowest BCUT2D eigenvalue weighted by Crippen LogP contribution is -2.16. The molecule has 0 spiro atoms. The van der Waals surface area contributed by atoms with Gasteiger partial charge in [0.15, 0.2) is 0 Å². The van der Waals surface area contributed by atoms with Gasteiger partial charge in [-0.05, 0) is 18.2 Å². The first-order valence-corrected chi connectivity index (χ1v) is 9.05. The number of nitrogens with one attached hydrogen (secondary N) is 1. The van der Waals surface area contributed by atoms with Crippen molar-refractivity contribution in [2.24, 2.45) is 0 Å². The molecule has 7 heteroatoms. The van der Waals surface area contributed by atoms with Crippen molar-refractivity contribution in [3.63, 3.8) is 0 Å². The van der Waals surface area contributed by atoms with Crippen LogP contribution in [0.25, 0.3) is 0 Å². The SMILES string of the molecule is N#Cc1ccccc1NS(=O)(=O)c1c2c(cc3c1OCC3)OCC2. The van der Waals surface area contributed by atoms with Gasteiger partial charge in [0.1, 0.15) is 22.5 Å². The molecular formula is C17H14N2O4S. The number of ether oxygens (including phenoxy) is 2. The second kappa shape index (κ2) is 5.42. The van der Waals surface area contributed by atoms with E-state index in [0.29, 0.717) is 43.1 Å². The summed E-state index contributed by atoms with van der Waals surface area (Å²) in [5.41, 5.74) is 1.99. The van der Waals surface area contributed by atoms with Gasteiger partial charge in [0.2, 0.25) is 0 Å². The average molecular weight is 342 g/mol. The van der Waals surface area contributed by atoms with Gasteiger partial charge < -0.3 is 9.47 Å². The maximum Gasteiger partial charge on any atom is 0.266 e. The van der Waals surface area contributed by atoms with Gasteiger partial charge in [0, 0.05) is 24.0 Å². The van der Waals surface area contributed by atoms with Crippen LogP contribution >= 0.6 is 0 Å². The highest BCUT2D eigenvalue weighted by Gasteiger charge is 2.34. The lowest BCUT2D eigenvalue weighted by atomic mass is 10.1. The van der Waals surface area contributed by atoms with E-state index in [9.17, 15) is 8.42 Å². The minimum absolute atomic E-state index is 0.137. The average Bonchev–Trinajstić information content (AvgIpc) is 3.20. The molecule has 0 saturated heterocycles. The molecule has 0 radical (unpaired) electrons. The second-order valence-corrected chi connectivity index (χ2v) is 7.25. The molecule has 0 unspecified atom stereocenters. The number of para-hydroxylation sites is 1. The summed E-state index contributed by atoms with van der Waals surface area (Å²) < 4.78 is 39.7. The zero-order valence-corrected chi connectivity index (χ0v) is 13.5. The van der Waals surface area contributed by atoms with E-state index in [1.165, 1.54) is 0 Å². The number of hydrogen-bond donors (Lipinski definition) is 1. The summed E-state index contributed by atoms with van der Waals surface area (Å²) >= 11 is 0. The van der Waals surface area contributed by atoms with Crippen LogP contribution in [0.15, 0.2) is 35.2 Å². The quantitative estimate of drug-likeness (QED) is 0.924. The molecule has 0 amide bonds. The molecule has 122 valence electrons. The summed E-state index contributed by atoms with van der Waals surface area (Å²) in [6, 6.07) is 10.4. The summed E-state index contributed by atoms with van der Waals surface area (Å²) in [5, 5.41) is 9.17. The van der Waals surface area contributed by atoms with Crippen LogP contribution in [0, 0.1) is 11.3 Å². The van der Waals surface area contributed by atoms with Crippen LogP contribution in [0.4, 0.5) is 5.69 Å². The molecule has 4 rings (SSSR count). The first-order valence-electron chi connectivity index (χ1n) is 7.56. The maximum absolute atomic E-state index is 13.0. The summed E-state index contributed by atoms with van der Waals surface area (Å²) in [6.07, 6.45) is 1.17. The molecule has 1 N–H and O–H groups in total. The monoisotopic (exact) mass is 342 g/mol. The minimum Gasteiger partial charge on any atom is -0.493 e. The van der Waals surface area contributed by atoms with E-state index in [4.69, 9.17) is 14.7 Å². The van der Waals surface area contributed by atoms with Crippen molar-refractivity contribution in [3.05, 3.63) is 47.0 Å². The largest absolute Gasteiger partial charge is 0.493 e. The van der Waals surface area contributed by atoms with Crippen molar-refractivity contribution < 1.29 is 17.9 Å². The van der Waals surface area contributed by atoms with Gasteiger partial charge in [0.25, 0.3) is 10.0 Å². The third kappa shape index (κ3) is 2.27. The van der Waals surface area contributed by atoms with Crippen molar-refractivity contribution in [1.29, 1.82) is 5.26 Å². The number of nitriles is 1. The number of nitrogens with zero attached hydrogens (tertiary/aromatic N) is 1. The highest BCUT2D eigenvalue weighted by Crippen LogP contribution is 2.43. The zero-order valence-electron chi connectivity index (χ0n) is 12.7. The Hall–Kier alpha value is -2.72. The molecule has 2 aliphatic heterocycles. The Morgan fingerprint density at radius 3 is 2.75 bits per heavy atom. The number of hydrogen-bond acceptors (Lipinski definition) is 5. The minimum atomic E-state index is -3.90. The van der Waals surface area contributed by atoms with Crippen LogP contribution in [0.2, 0.25) is 0 Å². The van der Waals surface area contributed by atoms with Gasteiger partial charge in [-0.1, -0.05) is 12.1 Å². The molecule has 0 saturated carbocycles. The van der Waals surface area contributed by atoms with Crippen molar-refractivity contribution in [2.75, 3.05) is 17.9 Å². The summed E-state index contributed by atoms with van der Waals surface area (Å²) in [7, 11) is -3.90. The predicted molar refractivity (Wildman–Crippen MR) is 86.8 cm³/mol. The molecule has 2 heterocycles. The molecule has 2 aliphatic rings. The topological polar surface area (TPSA) is 88.4 Å². The second-order valence-electron chi connectivity index (χ2n) is 5.63. The third-order valence-electron chi connectivity index (χ3n) is 4.16. The molecule has 0 fully saturated rings. The molecule has 2 aromatic carbocycles. The van der Waals surface area contributed by atoms with Crippen LogP contribution in [0.1, 0.15) is 16.7 Å². The molecule has 0 atom stereocenters. The summed E-state index contributed by atoms with van der Waals surface area (Å²) in [5.74, 6) is 1.01. The van der Waals surface area contributed by atoms with Crippen LogP contribution in [0.5, 0.6) is 11.5 Å². The van der Waals surface area contributed by atoms with E-state index >= 15 is 0 Å². The van der Waals surface area contributed by atoms with Gasteiger partial charge in [-0.25, -0.2) is 8.42 Å². The number of anilines is 1. The Labute approximate surface area is 139 Å². The van der Waals surface area contributed by atoms with E-state index in [2.05, 4.69) is 4.72 Å². The van der Waals surface area contributed by atoms with Crippen LogP contribution < -0.4 is 14.2 Å². The Morgan fingerprint density at radius 1 is 1.12 bits per heavy atom. The predicted octanol–water partition coefficient (Wildman–Crippen LogP) is 2.23. The Kier molecular flexibility index (Phi) is 3.36. The Balaban J connectivity index is 1.86. The fourth-order valence-electron chi connectivity index (χ4n) is 3.09. The van der Waals surface area contributed by atoms with E-state index in [1.807, 2.05) is 12.1 Å². The smallest absolute Gasteiger partial charge is 0.266 e. The number of rotatable bonds is 3. The highest BCUT2D eigenvalue weighted by molar-refractivity contribution is 7.93. The maximum atomic E-state index is 13.0. The van der Waals surface area contributed by atoms with E-state index < -0.39 is 10.0 Å². The Bertz CT molecular complexity index is 945. The van der Waals surface area contributed by atoms with Crippen molar-refractivity contribution in [3.8, 4) is 17.6 Å². The van der Waals surface area contributed by atoms with Crippen LogP contribution in [-0.4, -0.2) is 21.6 Å². The number of sulfonamides is 1. The molecule has 6 nitrogen and oxygen atoms in total. The van der Waals surface area contributed by atoms with E-state index in [0.717, 1.165) is 5.56 Å². The lowest BCUT2D eigenvalue weighted by molar-refractivity contribution is 0.348. The van der Waals surface area contributed by atoms with Crippen LogP contribution in [0.3, 0.4) is 0 Å². The number of benzene rings is 2. The van der Waals surface area contributed by atoms with E-state index in [1.54, 1.807) is 24.3 Å². The van der Waals surface area contributed by atoms with Gasteiger partial charge in [-0.2, -0.15) is 5.26 Å². The molecule has 0 aliphatic carbocycles. The first kappa shape index (κ1) is 14.8. The van der Waals surface area contributed by atoms with Crippen molar-refractivity contribution in [1.82, 2.24) is 0 Å². The summed E-state index contributed by atoms with van der Waals surface area (Å²) in [6.45, 7) is 0.908. The Morgan fingerprint density at radius 2 is 1.92 bits per heavy atom. The summed E-state index contributed by atoms with van der Waals surface area (Å²) in [4.78, 5) is 0.137. The van der Waals surface area contributed by atoms with Crippen molar-refractivity contribution >= 4 is 15.7 Å². The lowest BCUT2D eigenvalue weighted by Gasteiger charge is -2.15. The third-order valence-corrected chi connectivity index (χ3v) is 5.62. The molecule has 0 bridgehead atoms. The normalized spacial score (nSPS) is 15.0. The fourth-order valence-corrected chi connectivity index (χ4v) is 4.62. The zero-order chi connectivity index (χ0) is 16.7. The van der Waals surface area contributed by atoms with E-state index in [-0.39, 0.29) is 16.1 Å². The number of fused-ring (bicyclic) bond motifs is 2. The molecule has 2 aromatic rings. The van der Waals surface area contributed by atoms with Gasteiger partial charge >= 0.3 is 0 Å². The standard InChI is InChI=1S/C17H14N2O4S/c18-10-12-3-1-2-4-14(12)19-24(20,21)17-13-6-8-22-15(13)9-11-5-7-23-16(11)17/h1-4,9,19H,5-8H2. The first-order chi connectivity index (χ1) is 11.6. The molecular weight excluding hydrogens is 328 g/mol. The van der Waals surface area contributed by atoms with Crippen molar-refractivity contribution in [2.45, 2.75) is 17.7 Å². The molecule has 24 heavy (non-hydrogen) atoms. The van der Waals surface area contributed by atoms with Crippen LogP contribution in [-0.2, 0) is 22.9 Å². The molecule has 0 aromatic heterocycles. The highest BCUT2D eigenvalue weighted by atomic mass is 32.2.